The molecule has 0 radical (unpaired) electrons. The summed E-state index contributed by atoms with van der Waals surface area (Å²) in [7, 11) is 0. The van der Waals surface area contributed by atoms with Crippen molar-refractivity contribution in [3.8, 4) is 67.7 Å². The van der Waals surface area contributed by atoms with Crippen molar-refractivity contribution in [3.63, 3.8) is 0 Å². The molecular formula is C50H32N4. The molecule has 0 saturated carbocycles. The van der Waals surface area contributed by atoms with Crippen molar-refractivity contribution in [2.75, 3.05) is 0 Å². The predicted octanol–water partition coefficient (Wildman–Crippen LogP) is 12.7. The van der Waals surface area contributed by atoms with Gasteiger partial charge in [-0.15, -0.1) is 0 Å². The SMILES string of the molecule is c1ccc2c(-c3ccc(-c4nc(-c5ccc(-c6cccc7ccccc67)cc5)nc(-c5ccc(-c6nccc7ccccc67)cc5)n4)cc3)cccc2c1. The number of benzene rings is 8. The number of aromatic nitrogens is 4. The zero-order valence-electron chi connectivity index (χ0n) is 29.3. The lowest BCUT2D eigenvalue weighted by Gasteiger charge is -2.11. The van der Waals surface area contributed by atoms with Gasteiger partial charge in [-0.2, -0.15) is 0 Å². The first kappa shape index (κ1) is 31.4. The Bertz CT molecular complexity index is 2620. The van der Waals surface area contributed by atoms with Gasteiger partial charge in [-0.3, -0.25) is 4.98 Å². The zero-order chi connectivity index (χ0) is 35.8. The minimum atomic E-state index is 0.615. The standard InChI is InChI=1S/C50H32N4/c1-4-14-42-33(9-1)12-7-17-44(42)36-19-25-39(26-20-36)48-52-49(40-27-21-37(22-28-40)45-18-8-13-34-10-2-5-15-43(34)45)54-50(53-48)41-29-23-38(24-30-41)47-46-16-6-3-11-35(46)31-32-51-47/h1-32H. The van der Waals surface area contributed by atoms with Crippen LogP contribution in [-0.2, 0) is 0 Å². The van der Waals surface area contributed by atoms with Crippen LogP contribution in [0.25, 0.3) is 100.0 Å². The average Bonchev–Trinajstić information content (AvgIpc) is 3.26. The smallest absolute Gasteiger partial charge is 0.164 e. The van der Waals surface area contributed by atoms with Crippen molar-refractivity contribution in [1.82, 2.24) is 19.9 Å². The molecule has 0 aliphatic rings. The van der Waals surface area contributed by atoms with Crippen LogP contribution in [0.15, 0.2) is 194 Å². The largest absolute Gasteiger partial charge is 0.256 e. The number of nitrogens with zero attached hydrogens (tertiary/aromatic N) is 4. The molecule has 0 bridgehead atoms. The molecule has 0 amide bonds. The highest BCUT2D eigenvalue weighted by molar-refractivity contribution is 5.98. The molecule has 8 aromatic carbocycles. The molecule has 0 fully saturated rings. The third-order valence-corrected chi connectivity index (χ3v) is 10.2. The van der Waals surface area contributed by atoms with E-state index in [2.05, 4.69) is 182 Å². The normalized spacial score (nSPS) is 11.3. The fourth-order valence-corrected chi connectivity index (χ4v) is 7.44. The summed E-state index contributed by atoms with van der Waals surface area (Å²) in [5.74, 6) is 1.86. The second-order valence-electron chi connectivity index (χ2n) is 13.5. The van der Waals surface area contributed by atoms with E-state index in [9.17, 15) is 0 Å². The third-order valence-electron chi connectivity index (χ3n) is 10.2. The van der Waals surface area contributed by atoms with Gasteiger partial charge in [0.15, 0.2) is 17.5 Å². The van der Waals surface area contributed by atoms with E-state index in [1.165, 1.54) is 32.7 Å². The first-order chi connectivity index (χ1) is 26.7. The molecule has 0 spiro atoms. The van der Waals surface area contributed by atoms with Gasteiger partial charge < -0.3 is 0 Å². The lowest BCUT2D eigenvalue weighted by atomic mass is 9.97. The predicted molar refractivity (Wildman–Crippen MR) is 223 cm³/mol. The van der Waals surface area contributed by atoms with Crippen molar-refractivity contribution in [2.24, 2.45) is 0 Å². The molecule has 10 rings (SSSR count). The summed E-state index contributed by atoms with van der Waals surface area (Å²) in [6.45, 7) is 0. The Morgan fingerprint density at radius 3 is 1.07 bits per heavy atom. The van der Waals surface area contributed by atoms with E-state index < -0.39 is 0 Å². The average molecular weight is 689 g/mol. The van der Waals surface area contributed by atoms with Crippen LogP contribution in [0.1, 0.15) is 0 Å². The van der Waals surface area contributed by atoms with Crippen LogP contribution in [0.2, 0.25) is 0 Å². The molecule has 4 nitrogen and oxygen atoms in total. The highest BCUT2D eigenvalue weighted by Crippen LogP contribution is 2.34. The highest BCUT2D eigenvalue weighted by Gasteiger charge is 2.15. The minimum absolute atomic E-state index is 0.615. The van der Waals surface area contributed by atoms with Crippen LogP contribution in [-0.4, -0.2) is 19.9 Å². The van der Waals surface area contributed by atoms with E-state index in [1.54, 1.807) is 0 Å². The minimum Gasteiger partial charge on any atom is -0.256 e. The Hall–Kier alpha value is -7.30. The summed E-state index contributed by atoms with van der Waals surface area (Å²) < 4.78 is 0. The highest BCUT2D eigenvalue weighted by atomic mass is 15.0. The molecule has 10 aromatic rings. The molecule has 2 aromatic heterocycles. The second-order valence-corrected chi connectivity index (χ2v) is 13.5. The summed E-state index contributed by atoms with van der Waals surface area (Å²) in [5.41, 5.74) is 9.43. The zero-order valence-corrected chi connectivity index (χ0v) is 29.3. The first-order valence-corrected chi connectivity index (χ1v) is 18.1. The van der Waals surface area contributed by atoms with Gasteiger partial charge in [0.1, 0.15) is 0 Å². The Labute approximate surface area is 313 Å². The van der Waals surface area contributed by atoms with E-state index in [4.69, 9.17) is 19.9 Å². The van der Waals surface area contributed by atoms with E-state index >= 15 is 0 Å². The molecule has 252 valence electrons. The van der Waals surface area contributed by atoms with Gasteiger partial charge in [0.25, 0.3) is 0 Å². The number of hydrogen-bond donors (Lipinski definition) is 0. The number of rotatable bonds is 6. The fourth-order valence-electron chi connectivity index (χ4n) is 7.44. The van der Waals surface area contributed by atoms with Gasteiger partial charge in [0.2, 0.25) is 0 Å². The maximum Gasteiger partial charge on any atom is 0.164 e. The van der Waals surface area contributed by atoms with Crippen molar-refractivity contribution >= 4 is 32.3 Å². The molecule has 0 aliphatic heterocycles. The summed E-state index contributed by atoms with van der Waals surface area (Å²) in [6, 6.07) is 65.7. The van der Waals surface area contributed by atoms with Gasteiger partial charge in [-0.05, 0) is 55.3 Å². The monoisotopic (exact) mass is 688 g/mol. The summed E-state index contributed by atoms with van der Waals surface area (Å²) in [4.78, 5) is 19.9. The third kappa shape index (κ3) is 5.76. The maximum atomic E-state index is 5.07. The van der Waals surface area contributed by atoms with Crippen LogP contribution in [0.4, 0.5) is 0 Å². The molecule has 2 heterocycles. The summed E-state index contributed by atoms with van der Waals surface area (Å²) in [5, 5.41) is 7.19. The Morgan fingerprint density at radius 2 is 0.611 bits per heavy atom. The Kier molecular flexibility index (Phi) is 7.77. The Morgan fingerprint density at radius 1 is 0.259 bits per heavy atom. The van der Waals surface area contributed by atoms with Gasteiger partial charge in [-0.1, -0.05) is 182 Å². The van der Waals surface area contributed by atoms with Crippen molar-refractivity contribution in [1.29, 1.82) is 0 Å². The quantitative estimate of drug-likeness (QED) is 0.174. The van der Waals surface area contributed by atoms with Gasteiger partial charge in [0.05, 0.1) is 5.69 Å². The molecular weight excluding hydrogens is 657 g/mol. The van der Waals surface area contributed by atoms with E-state index in [-0.39, 0.29) is 0 Å². The summed E-state index contributed by atoms with van der Waals surface area (Å²) >= 11 is 0. The van der Waals surface area contributed by atoms with Crippen LogP contribution < -0.4 is 0 Å². The van der Waals surface area contributed by atoms with Gasteiger partial charge in [-0.25, -0.2) is 15.0 Å². The van der Waals surface area contributed by atoms with E-state index in [1.807, 2.05) is 12.3 Å². The van der Waals surface area contributed by atoms with Crippen LogP contribution in [0.5, 0.6) is 0 Å². The first-order valence-electron chi connectivity index (χ1n) is 18.1. The lowest BCUT2D eigenvalue weighted by molar-refractivity contribution is 1.07. The van der Waals surface area contributed by atoms with E-state index in [0.29, 0.717) is 17.5 Å². The van der Waals surface area contributed by atoms with Crippen LogP contribution in [0.3, 0.4) is 0 Å². The molecule has 4 heteroatoms. The van der Waals surface area contributed by atoms with Crippen molar-refractivity contribution in [3.05, 3.63) is 194 Å². The molecule has 0 saturated heterocycles. The van der Waals surface area contributed by atoms with E-state index in [0.717, 1.165) is 49.8 Å². The fraction of sp³-hybridized carbons (Fsp3) is 0. The van der Waals surface area contributed by atoms with Gasteiger partial charge in [0, 0.05) is 33.8 Å². The number of fused-ring (bicyclic) bond motifs is 3. The maximum absolute atomic E-state index is 5.07. The van der Waals surface area contributed by atoms with Crippen LogP contribution >= 0.6 is 0 Å². The molecule has 54 heavy (non-hydrogen) atoms. The molecule has 0 atom stereocenters. The second kappa shape index (κ2) is 13.4. The molecule has 0 N–H and O–H groups in total. The van der Waals surface area contributed by atoms with Gasteiger partial charge >= 0.3 is 0 Å². The Balaban J connectivity index is 1.06. The summed E-state index contributed by atoms with van der Waals surface area (Å²) in [6.07, 6.45) is 1.87. The topological polar surface area (TPSA) is 51.6 Å². The number of pyridine rings is 1. The van der Waals surface area contributed by atoms with Crippen molar-refractivity contribution in [2.45, 2.75) is 0 Å². The number of hydrogen-bond acceptors (Lipinski definition) is 4. The van der Waals surface area contributed by atoms with Crippen molar-refractivity contribution < 1.29 is 0 Å². The lowest BCUT2D eigenvalue weighted by Crippen LogP contribution is -2.00. The molecule has 0 unspecified atom stereocenters. The van der Waals surface area contributed by atoms with Crippen LogP contribution in [0, 0.1) is 0 Å². The molecule has 0 aliphatic carbocycles.